The van der Waals surface area contributed by atoms with Crippen LogP contribution in [0, 0.1) is 12.8 Å². The molecule has 1 amide bonds. The summed E-state index contributed by atoms with van der Waals surface area (Å²) in [7, 11) is 0. The van der Waals surface area contributed by atoms with Gasteiger partial charge in [0.1, 0.15) is 6.04 Å². The number of amides is 1. The summed E-state index contributed by atoms with van der Waals surface area (Å²) in [5, 5.41) is 9.77. The van der Waals surface area contributed by atoms with E-state index in [0.29, 0.717) is 22.3 Å². The van der Waals surface area contributed by atoms with Gasteiger partial charge in [-0.3, -0.25) is 4.79 Å². The summed E-state index contributed by atoms with van der Waals surface area (Å²) in [5.74, 6) is -0.334. The van der Waals surface area contributed by atoms with Crippen molar-refractivity contribution in [3.8, 4) is 0 Å². The van der Waals surface area contributed by atoms with Crippen molar-refractivity contribution in [3.05, 3.63) is 34.3 Å². The second-order valence-corrected chi connectivity index (χ2v) is 7.09. The van der Waals surface area contributed by atoms with Crippen LogP contribution in [0.15, 0.2) is 18.2 Å². The molecule has 2 atom stereocenters. The van der Waals surface area contributed by atoms with Crippen molar-refractivity contribution in [1.82, 2.24) is 4.90 Å². The lowest BCUT2D eigenvalue weighted by molar-refractivity contribution is -0.141. The van der Waals surface area contributed by atoms with Crippen LogP contribution in [-0.2, 0) is 4.79 Å². The van der Waals surface area contributed by atoms with Crippen molar-refractivity contribution in [3.63, 3.8) is 0 Å². The molecule has 2 aliphatic rings. The third-order valence-electron chi connectivity index (χ3n) is 4.00. The summed E-state index contributed by atoms with van der Waals surface area (Å²) in [4.78, 5) is 25.8. The van der Waals surface area contributed by atoms with Crippen LogP contribution < -0.4 is 0 Å². The van der Waals surface area contributed by atoms with E-state index < -0.39 is 12.0 Å². The van der Waals surface area contributed by atoms with Crippen LogP contribution in [-0.4, -0.2) is 39.1 Å². The van der Waals surface area contributed by atoms with E-state index in [-0.39, 0.29) is 11.3 Å². The Hall–Kier alpha value is -1.20. The predicted octanol–water partition coefficient (Wildman–Crippen LogP) is 3.03. The Bertz CT molecular complexity index is 603. The molecule has 0 spiro atoms. The topological polar surface area (TPSA) is 57.6 Å². The lowest BCUT2D eigenvalue weighted by atomic mass is 10.1. The molecule has 1 aliphatic heterocycles. The highest BCUT2D eigenvalue weighted by Gasteiger charge is 2.48. The molecule has 1 aromatic carbocycles. The van der Waals surface area contributed by atoms with Gasteiger partial charge in [0.15, 0.2) is 0 Å². The van der Waals surface area contributed by atoms with Crippen LogP contribution in [0.4, 0.5) is 0 Å². The number of carbonyl (C=O) groups is 2. The number of carboxylic acid groups (broad SMARTS) is 1. The first kappa shape index (κ1) is 14.7. The maximum Gasteiger partial charge on any atom is 0.327 e. The van der Waals surface area contributed by atoms with Gasteiger partial charge in [-0.2, -0.15) is 0 Å². The highest BCUT2D eigenvalue weighted by Crippen LogP contribution is 2.46. The number of hydrogen-bond acceptors (Lipinski definition) is 3. The quantitative estimate of drug-likeness (QED) is 0.928. The first-order valence-corrected chi connectivity index (χ1v) is 8.35. The lowest BCUT2D eigenvalue weighted by Gasteiger charge is -2.28. The van der Waals surface area contributed by atoms with E-state index in [4.69, 9.17) is 11.6 Å². The molecule has 112 valence electrons. The number of aliphatic carboxylic acids is 1. The average molecular weight is 326 g/mol. The van der Waals surface area contributed by atoms with Gasteiger partial charge >= 0.3 is 5.97 Å². The number of nitrogens with zero attached hydrogens (tertiary/aromatic N) is 1. The molecule has 1 aromatic rings. The zero-order chi connectivity index (χ0) is 15.1. The van der Waals surface area contributed by atoms with Gasteiger partial charge in [-0.25, -0.2) is 4.79 Å². The van der Waals surface area contributed by atoms with E-state index in [0.717, 1.165) is 18.4 Å². The third kappa shape index (κ3) is 2.64. The first-order valence-electron chi connectivity index (χ1n) is 6.93. The van der Waals surface area contributed by atoms with Crippen molar-refractivity contribution in [2.45, 2.75) is 31.2 Å². The van der Waals surface area contributed by atoms with Crippen molar-refractivity contribution >= 4 is 35.2 Å². The van der Waals surface area contributed by atoms with Gasteiger partial charge in [-0.15, -0.1) is 11.8 Å². The molecule has 1 N–H and O–H groups in total. The minimum atomic E-state index is -0.942. The fourth-order valence-corrected chi connectivity index (χ4v) is 4.51. The Kier molecular flexibility index (Phi) is 3.88. The number of halogens is 1. The summed E-state index contributed by atoms with van der Waals surface area (Å²) >= 11 is 7.81. The van der Waals surface area contributed by atoms with Gasteiger partial charge in [-0.05, 0) is 37.3 Å². The van der Waals surface area contributed by atoms with Gasteiger partial charge in [0.25, 0.3) is 5.91 Å². The Morgan fingerprint density at radius 3 is 2.71 bits per heavy atom. The number of carboxylic acids is 1. The smallest absolute Gasteiger partial charge is 0.327 e. The SMILES string of the molecule is Cc1cccc(C(=O)N2C(C(=O)O)CSC2C2CC2)c1Cl. The highest BCUT2D eigenvalue weighted by molar-refractivity contribution is 8.00. The zero-order valence-electron chi connectivity index (χ0n) is 11.6. The number of carbonyl (C=O) groups excluding carboxylic acids is 1. The molecule has 3 rings (SSSR count). The molecule has 0 aromatic heterocycles. The normalized spacial score (nSPS) is 25.1. The predicted molar refractivity (Wildman–Crippen MR) is 82.8 cm³/mol. The van der Waals surface area contributed by atoms with Crippen LogP contribution in [0.2, 0.25) is 5.02 Å². The number of thioether (sulfide) groups is 1. The van der Waals surface area contributed by atoms with E-state index in [1.807, 2.05) is 13.0 Å². The van der Waals surface area contributed by atoms with Crippen molar-refractivity contribution in [2.75, 3.05) is 5.75 Å². The fourth-order valence-electron chi connectivity index (χ4n) is 2.67. The Labute approximate surface area is 132 Å². The molecule has 1 heterocycles. The molecule has 2 fully saturated rings. The van der Waals surface area contributed by atoms with E-state index in [1.54, 1.807) is 23.9 Å². The Morgan fingerprint density at radius 2 is 2.10 bits per heavy atom. The second-order valence-electron chi connectivity index (χ2n) is 5.56. The monoisotopic (exact) mass is 325 g/mol. The zero-order valence-corrected chi connectivity index (χ0v) is 13.2. The number of aryl methyl sites for hydroxylation is 1. The average Bonchev–Trinajstić information content (AvgIpc) is 3.19. The summed E-state index contributed by atoms with van der Waals surface area (Å²) in [6, 6.07) is 4.53. The van der Waals surface area contributed by atoms with Gasteiger partial charge in [0.05, 0.1) is 16.0 Å². The number of benzene rings is 1. The van der Waals surface area contributed by atoms with E-state index in [9.17, 15) is 14.7 Å². The minimum absolute atomic E-state index is 0.0322. The highest BCUT2D eigenvalue weighted by atomic mass is 35.5. The Balaban J connectivity index is 1.96. The van der Waals surface area contributed by atoms with Gasteiger partial charge < -0.3 is 10.0 Å². The van der Waals surface area contributed by atoms with Crippen LogP contribution in [0.1, 0.15) is 28.8 Å². The molecule has 4 nitrogen and oxygen atoms in total. The van der Waals surface area contributed by atoms with Gasteiger partial charge in [0, 0.05) is 5.75 Å². The molecule has 0 radical (unpaired) electrons. The summed E-state index contributed by atoms with van der Waals surface area (Å²) in [6.45, 7) is 1.84. The molecule has 0 bridgehead atoms. The van der Waals surface area contributed by atoms with Crippen molar-refractivity contribution in [1.29, 1.82) is 0 Å². The molecule has 1 aliphatic carbocycles. The minimum Gasteiger partial charge on any atom is -0.480 e. The summed E-state index contributed by atoms with van der Waals surface area (Å²) in [6.07, 6.45) is 2.13. The maximum absolute atomic E-state index is 12.8. The largest absolute Gasteiger partial charge is 0.480 e. The van der Waals surface area contributed by atoms with Crippen molar-refractivity contribution in [2.24, 2.45) is 5.92 Å². The second kappa shape index (κ2) is 5.54. The van der Waals surface area contributed by atoms with Gasteiger partial charge in [0.2, 0.25) is 0 Å². The Morgan fingerprint density at radius 1 is 1.38 bits per heavy atom. The molecule has 1 saturated heterocycles. The standard InChI is InChI=1S/C15H16ClNO3S/c1-8-3-2-4-10(12(8)16)13(18)17-11(15(19)20)7-21-14(17)9-5-6-9/h2-4,9,11,14H,5-7H2,1H3,(H,19,20). The number of hydrogen-bond donors (Lipinski definition) is 1. The van der Waals surface area contributed by atoms with Crippen LogP contribution in [0.25, 0.3) is 0 Å². The van der Waals surface area contributed by atoms with E-state index >= 15 is 0 Å². The summed E-state index contributed by atoms with van der Waals surface area (Å²) < 4.78 is 0. The molecule has 1 saturated carbocycles. The number of rotatable bonds is 3. The van der Waals surface area contributed by atoms with Crippen LogP contribution >= 0.6 is 23.4 Å². The molecule has 21 heavy (non-hydrogen) atoms. The molecule has 6 heteroatoms. The maximum atomic E-state index is 12.8. The van der Waals surface area contributed by atoms with E-state index in [2.05, 4.69) is 0 Å². The molecular formula is C15H16ClNO3S. The van der Waals surface area contributed by atoms with Gasteiger partial charge in [-0.1, -0.05) is 23.7 Å². The van der Waals surface area contributed by atoms with Crippen molar-refractivity contribution < 1.29 is 14.7 Å². The van der Waals surface area contributed by atoms with E-state index in [1.165, 1.54) is 4.90 Å². The molecular weight excluding hydrogens is 310 g/mol. The van der Waals surface area contributed by atoms with Crippen LogP contribution in [0.3, 0.4) is 0 Å². The fraction of sp³-hybridized carbons (Fsp3) is 0.467. The molecule has 2 unspecified atom stereocenters. The first-order chi connectivity index (χ1) is 10.0. The lowest BCUT2D eigenvalue weighted by Crippen LogP contribution is -2.46. The van der Waals surface area contributed by atoms with Crippen LogP contribution in [0.5, 0.6) is 0 Å². The summed E-state index contributed by atoms with van der Waals surface area (Å²) in [5.41, 5.74) is 1.22. The third-order valence-corrected chi connectivity index (χ3v) is 5.97.